The molecule has 0 aromatic heterocycles. The highest BCUT2D eigenvalue weighted by Gasteiger charge is 2.22. The van der Waals surface area contributed by atoms with E-state index in [1.54, 1.807) is 0 Å². The molecule has 2 aliphatic rings. The van der Waals surface area contributed by atoms with Gasteiger partial charge in [-0.3, -0.25) is 0 Å². The predicted octanol–water partition coefficient (Wildman–Crippen LogP) is 2.60. The minimum absolute atomic E-state index is 0.464. The molecule has 1 atom stereocenters. The van der Waals surface area contributed by atoms with Crippen molar-refractivity contribution in [3.63, 3.8) is 0 Å². The fourth-order valence-corrected chi connectivity index (χ4v) is 3.38. The number of nitrogens with zero attached hydrogens (tertiary/aromatic N) is 1. The molecule has 0 radical (unpaired) electrons. The summed E-state index contributed by atoms with van der Waals surface area (Å²) in [4.78, 5) is 2.53. The van der Waals surface area contributed by atoms with Crippen LogP contribution >= 0.6 is 0 Å². The highest BCUT2D eigenvalue weighted by Crippen LogP contribution is 2.30. The zero-order chi connectivity index (χ0) is 13.8. The Morgan fingerprint density at radius 3 is 2.85 bits per heavy atom. The molecule has 3 heteroatoms. The summed E-state index contributed by atoms with van der Waals surface area (Å²) in [7, 11) is 0. The summed E-state index contributed by atoms with van der Waals surface area (Å²) < 4.78 is 6.07. The first-order valence-corrected chi connectivity index (χ1v) is 8.01. The van der Waals surface area contributed by atoms with Gasteiger partial charge in [0.1, 0.15) is 0 Å². The molecule has 2 heterocycles. The molecule has 1 unspecified atom stereocenters. The Morgan fingerprint density at radius 2 is 2.00 bits per heavy atom. The first-order valence-electron chi connectivity index (χ1n) is 8.01. The Morgan fingerprint density at radius 1 is 1.20 bits per heavy atom. The molecule has 1 N–H and O–H groups in total. The SMILES string of the molecule is CC1CCc2ccccc2N1CCOC1CCNCC1. The second-order valence-electron chi connectivity index (χ2n) is 6.03. The highest BCUT2D eigenvalue weighted by molar-refractivity contribution is 5.56. The van der Waals surface area contributed by atoms with Gasteiger partial charge in [0.25, 0.3) is 0 Å². The maximum atomic E-state index is 6.07. The van der Waals surface area contributed by atoms with Gasteiger partial charge in [0, 0.05) is 18.3 Å². The van der Waals surface area contributed by atoms with Crippen molar-refractivity contribution in [3.8, 4) is 0 Å². The van der Waals surface area contributed by atoms with E-state index < -0.39 is 0 Å². The Hall–Kier alpha value is -1.06. The van der Waals surface area contributed by atoms with Crippen molar-refractivity contribution >= 4 is 5.69 Å². The number of benzene rings is 1. The molecule has 1 aromatic rings. The third-order valence-corrected chi connectivity index (χ3v) is 4.64. The third-order valence-electron chi connectivity index (χ3n) is 4.64. The van der Waals surface area contributed by atoms with Crippen molar-refractivity contribution in [3.05, 3.63) is 29.8 Å². The minimum Gasteiger partial charge on any atom is -0.376 e. The molecule has 3 nitrogen and oxygen atoms in total. The van der Waals surface area contributed by atoms with Crippen LogP contribution in [0.3, 0.4) is 0 Å². The number of hydrogen-bond donors (Lipinski definition) is 1. The maximum absolute atomic E-state index is 6.07. The zero-order valence-electron chi connectivity index (χ0n) is 12.5. The van der Waals surface area contributed by atoms with E-state index in [2.05, 4.69) is 41.4 Å². The summed E-state index contributed by atoms with van der Waals surface area (Å²) >= 11 is 0. The molecule has 110 valence electrons. The lowest BCUT2D eigenvalue weighted by Crippen LogP contribution is -2.40. The van der Waals surface area contributed by atoms with Crippen LogP contribution in [-0.2, 0) is 11.2 Å². The van der Waals surface area contributed by atoms with Crippen molar-refractivity contribution < 1.29 is 4.74 Å². The fourth-order valence-electron chi connectivity index (χ4n) is 3.38. The maximum Gasteiger partial charge on any atom is 0.0645 e. The lowest BCUT2D eigenvalue weighted by atomic mass is 9.97. The Balaban J connectivity index is 1.56. The van der Waals surface area contributed by atoms with E-state index in [4.69, 9.17) is 4.74 Å². The van der Waals surface area contributed by atoms with Crippen LogP contribution in [0.1, 0.15) is 31.7 Å². The average Bonchev–Trinajstić information content (AvgIpc) is 2.50. The molecule has 0 amide bonds. The zero-order valence-corrected chi connectivity index (χ0v) is 12.5. The van der Waals surface area contributed by atoms with Gasteiger partial charge in [0.05, 0.1) is 12.7 Å². The van der Waals surface area contributed by atoms with E-state index in [9.17, 15) is 0 Å². The summed E-state index contributed by atoms with van der Waals surface area (Å²) in [6.45, 7) is 6.41. The number of anilines is 1. The quantitative estimate of drug-likeness (QED) is 0.913. The van der Waals surface area contributed by atoms with Crippen LogP contribution in [-0.4, -0.2) is 38.4 Å². The first-order chi connectivity index (χ1) is 9.84. The summed E-state index contributed by atoms with van der Waals surface area (Å²) in [6.07, 6.45) is 5.25. The third kappa shape index (κ3) is 3.15. The number of aryl methyl sites for hydroxylation is 1. The van der Waals surface area contributed by atoms with Gasteiger partial charge >= 0.3 is 0 Å². The highest BCUT2D eigenvalue weighted by atomic mass is 16.5. The topological polar surface area (TPSA) is 24.5 Å². The molecular formula is C17H26N2O. The van der Waals surface area contributed by atoms with E-state index in [0.29, 0.717) is 12.1 Å². The van der Waals surface area contributed by atoms with Crippen LogP contribution in [0.15, 0.2) is 24.3 Å². The van der Waals surface area contributed by atoms with E-state index >= 15 is 0 Å². The summed E-state index contributed by atoms with van der Waals surface area (Å²) in [5, 5.41) is 3.38. The van der Waals surface area contributed by atoms with Gasteiger partial charge in [-0.25, -0.2) is 0 Å². The smallest absolute Gasteiger partial charge is 0.0645 e. The monoisotopic (exact) mass is 274 g/mol. The van der Waals surface area contributed by atoms with Gasteiger partial charge in [-0.1, -0.05) is 18.2 Å². The van der Waals surface area contributed by atoms with E-state index in [-0.39, 0.29) is 0 Å². The summed E-state index contributed by atoms with van der Waals surface area (Å²) in [5.74, 6) is 0. The van der Waals surface area contributed by atoms with E-state index in [0.717, 1.165) is 39.1 Å². The molecular weight excluding hydrogens is 248 g/mol. The number of nitrogens with one attached hydrogen (secondary N) is 1. The van der Waals surface area contributed by atoms with Gasteiger partial charge in [-0.15, -0.1) is 0 Å². The van der Waals surface area contributed by atoms with Crippen LogP contribution in [0.2, 0.25) is 0 Å². The molecule has 0 aliphatic carbocycles. The normalized spacial score (nSPS) is 23.6. The summed E-state index contributed by atoms with van der Waals surface area (Å²) in [5.41, 5.74) is 2.91. The van der Waals surface area contributed by atoms with Crippen LogP contribution < -0.4 is 10.2 Å². The second-order valence-corrected chi connectivity index (χ2v) is 6.03. The fraction of sp³-hybridized carbons (Fsp3) is 0.647. The molecule has 0 spiro atoms. The molecule has 1 aromatic carbocycles. The Bertz CT molecular complexity index is 429. The Labute approximate surface area is 122 Å². The van der Waals surface area contributed by atoms with Gasteiger partial charge in [-0.2, -0.15) is 0 Å². The van der Waals surface area contributed by atoms with Crippen LogP contribution in [0.4, 0.5) is 5.69 Å². The van der Waals surface area contributed by atoms with Gasteiger partial charge in [0.2, 0.25) is 0 Å². The number of ether oxygens (including phenoxy) is 1. The van der Waals surface area contributed by atoms with Crippen molar-refractivity contribution in [1.82, 2.24) is 5.32 Å². The molecule has 2 aliphatic heterocycles. The average molecular weight is 274 g/mol. The number of rotatable bonds is 4. The largest absolute Gasteiger partial charge is 0.376 e. The van der Waals surface area contributed by atoms with E-state index in [1.807, 2.05) is 0 Å². The molecule has 1 fully saturated rings. The number of hydrogen-bond acceptors (Lipinski definition) is 3. The number of piperidine rings is 1. The molecule has 1 saturated heterocycles. The van der Waals surface area contributed by atoms with Crippen LogP contribution in [0.5, 0.6) is 0 Å². The Kier molecular flexibility index (Phi) is 4.58. The first kappa shape index (κ1) is 13.9. The van der Waals surface area contributed by atoms with E-state index in [1.165, 1.54) is 24.1 Å². The number of para-hydroxylation sites is 1. The lowest BCUT2D eigenvalue weighted by molar-refractivity contribution is 0.0365. The molecule has 0 bridgehead atoms. The minimum atomic E-state index is 0.464. The van der Waals surface area contributed by atoms with Crippen LogP contribution in [0, 0.1) is 0 Å². The molecule has 3 rings (SSSR count). The van der Waals surface area contributed by atoms with Gasteiger partial charge < -0.3 is 15.0 Å². The lowest BCUT2D eigenvalue weighted by Gasteiger charge is -2.37. The summed E-state index contributed by atoms with van der Waals surface area (Å²) in [6, 6.07) is 9.45. The standard InChI is InChI=1S/C17H26N2O/c1-14-6-7-15-4-2-3-5-17(15)19(14)12-13-20-16-8-10-18-11-9-16/h2-5,14,16,18H,6-13H2,1H3. The van der Waals surface area contributed by atoms with Crippen LogP contribution in [0.25, 0.3) is 0 Å². The van der Waals surface area contributed by atoms with Crippen molar-refractivity contribution in [1.29, 1.82) is 0 Å². The predicted molar refractivity (Wildman–Crippen MR) is 83.4 cm³/mol. The van der Waals surface area contributed by atoms with Gasteiger partial charge in [-0.05, 0) is 57.3 Å². The number of fused-ring (bicyclic) bond motifs is 1. The molecule has 0 saturated carbocycles. The van der Waals surface area contributed by atoms with Crippen molar-refractivity contribution in [2.45, 2.75) is 44.8 Å². The van der Waals surface area contributed by atoms with Crippen molar-refractivity contribution in [2.75, 3.05) is 31.1 Å². The second kappa shape index (κ2) is 6.59. The van der Waals surface area contributed by atoms with Gasteiger partial charge in [0.15, 0.2) is 0 Å². The van der Waals surface area contributed by atoms with Crippen molar-refractivity contribution in [2.24, 2.45) is 0 Å². The molecule has 20 heavy (non-hydrogen) atoms.